The maximum Gasteiger partial charge on any atom is 0.273 e. The Morgan fingerprint density at radius 2 is 2.10 bits per heavy atom. The van der Waals surface area contributed by atoms with Gasteiger partial charge in [-0.2, -0.15) is 9.90 Å². The van der Waals surface area contributed by atoms with E-state index in [4.69, 9.17) is 0 Å². The van der Waals surface area contributed by atoms with Gasteiger partial charge in [-0.1, -0.05) is 18.2 Å². The molecule has 106 valence electrons. The van der Waals surface area contributed by atoms with Crippen LogP contribution in [0.1, 0.15) is 16.2 Å². The molecular weight excluding hydrogens is 268 g/mol. The van der Waals surface area contributed by atoms with Gasteiger partial charge in [-0.3, -0.25) is 4.79 Å². The minimum absolute atomic E-state index is 0.239. The van der Waals surface area contributed by atoms with Gasteiger partial charge in [-0.15, -0.1) is 5.10 Å². The minimum Gasteiger partial charge on any atom is -0.350 e. The van der Waals surface area contributed by atoms with Crippen molar-refractivity contribution in [1.82, 2.24) is 30.3 Å². The summed E-state index contributed by atoms with van der Waals surface area (Å²) in [5.74, 6) is -0.239. The summed E-state index contributed by atoms with van der Waals surface area (Å²) in [6.45, 7) is 0.513. The molecule has 2 aromatic heterocycles. The molecule has 0 saturated carbocycles. The van der Waals surface area contributed by atoms with Gasteiger partial charge in [0.25, 0.3) is 5.91 Å². The number of hydrogen-bond acceptors (Lipinski definition) is 4. The predicted molar refractivity (Wildman–Crippen MR) is 76.0 cm³/mol. The summed E-state index contributed by atoms with van der Waals surface area (Å²) in [5, 5.41) is 11.1. The molecule has 0 radical (unpaired) electrons. The molecule has 3 aromatic rings. The van der Waals surface area contributed by atoms with Gasteiger partial charge in [0.05, 0.1) is 18.2 Å². The molecule has 0 unspecified atom stereocenters. The largest absolute Gasteiger partial charge is 0.350 e. The summed E-state index contributed by atoms with van der Waals surface area (Å²) >= 11 is 0. The van der Waals surface area contributed by atoms with Crippen LogP contribution in [-0.2, 0) is 6.42 Å². The Hall–Kier alpha value is -2.96. The predicted octanol–water partition coefficient (Wildman–Crippen LogP) is 0.963. The van der Waals surface area contributed by atoms with Crippen LogP contribution < -0.4 is 5.32 Å². The van der Waals surface area contributed by atoms with Gasteiger partial charge in [0, 0.05) is 24.9 Å². The average molecular weight is 282 g/mol. The van der Waals surface area contributed by atoms with E-state index < -0.39 is 0 Å². The first-order chi connectivity index (χ1) is 10.3. The summed E-state index contributed by atoms with van der Waals surface area (Å²) in [7, 11) is 0. The van der Waals surface area contributed by atoms with Crippen molar-refractivity contribution in [2.45, 2.75) is 6.42 Å². The van der Waals surface area contributed by atoms with E-state index in [9.17, 15) is 4.79 Å². The number of hydrogen-bond donors (Lipinski definition) is 2. The zero-order chi connectivity index (χ0) is 14.5. The molecule has 7 nitrogen and oxygen atoms in total. The lowest BCUT2D eigenvalue weighted by atomic mass is 10.3. The highest BCUT2D eigenvalue weighted by Crippen LogP contribution is 2.04. The Morgan fingerprint density at radius 3 is 2.86 bits per heavy atom. The first kappa shape index (κ1) is 13.0. The maximum absolute atomic E-state index is 12.0. The topological polar surface area (TPSA) is 88.5 Å². The molecule has 3 rings (SSSR count). The SMILES string of the molecule is O=C(NCCc1cnc[nH]1)c1cnn(-c2ccccc2)n1. The van der Waals surface area contributed by atoms with Gasteiger partial charge in [0.2, 0.25) is 0 Å². The maximum atomic E-state index is 12.0. The summed E-state index contributed by atoms with van der Waals surface area (Å²) in [5.41, 5.74) is 2.08. The van der Waals surface area contributed by atoms with Crippen LogP contribution >= 0.6 is 0 Å². The van der Waals surface area contributed by atoms with E-state index in [0.29, 0.717) is 18.7 Å². The Balaban J connectivity index is 1.59. The molecule has 2 N–H and O–H groups in total. The molecule has 0 aliphatic heterocycles. The lowest BCUT2D eigenvalue weighted by molar-refractivity contribution is 0.0948. The fraction of sp³-hybridized carbons (Fsp3) is 0.143. The van der Waals surface area contributed by atoms with Crippen LogP contribution in [0.15, 0.2) is 49.1 Å². The monoisotopic (exact) mass is 282 g/mol. The number of nitrogens with zero attached hydrogens (tertiary/aromatic N) is 4. The molecule has 0 aliphatic carbocycles. The van der Waals surface area contributed by atoms with Crippen LogP contribution in [0.25, 0.3) is 5.69 Å². The van der Waals surface area contributed by atoms with E-state index in [1.54, 1.807) is 12.5 Å². The number of benzene rings is 1. The second-order valence-electron chi connectivity index (χ2n) is 4.44. The van der Waals surface area contributed by atoms with Crippen LogP contribution in [0.4, 0.5) is 0 Å². The third-order valence-corrected chi connectivity index (χ3v) is 2.95. The molecule has 1 amide bonds. The van der Waals surface area contributed by atoms with Crippen molar-refractivity contribution in [2.75, 3.05) is 6.54 Å². The summed E-state index contributed by atoms with van der Waals surface area (Å²) in [4.78, 5) is 20.3. The highest BCUT2D eigenvalue weighted by molar-refractivity contribution is 5.91. The second-order valence-corrected chi connectivity index (χ2v) is 4.44. The number of rotatable bonds is 5. The third kappa shape index (κ3) is 3.14. The van der Waals surface area contributed by atoms with Gasteiger partial charge in [-0.25, -0.2) is 4.98 Å². The van der Waals surface area contributed by atoms with E-state index in [-0.39, 0.29) is 5.91 Å². The molecule has 0 aliphatic rings. The second kappa shape index (κ2) is 6.00. The number of aromatic nitrogens is 5. The van der Waals surface area contributed by atoms with E-state index in [1.807, 2.05) is 30.3 Å². The smallest absolute Gasteiger partial charge is 0.273 e. The average Bonchev–Trinajstić information content (AvgIpc) is 3.20. The molecule has 0 fully saturated rings. The highest BCUT2D eigenvalue weighted by Gasteiger charge is 2.10. The number of aromatic amines is 1. The first-order valence-electron chi connectivity index (χ1n) is 6.56. The molecule has 2 heterocycles. The third-order valence-electron chi connectivity index (χ3n) is 2.95. The molecule has 21 heavy (non-hydrogen) atoms. The van der Waals surface area contributed by atoms with Crippen molar-refractivity contribution in [3.05, 3.63) is 60.4 Å². The summed E-state index contributed by atoms with van der Waals surface area (Å²) < 4.78 is 0. The van der Waals surface area contributed by atoms with Gasteiger partial charge < -0.3 is 10.3 Å². The van der Waals surface area contributed by atoms with Crippen molar-refractivity contribution in [3.8, 4) is 5.69 Å². The number of nitrogens with one attached hydrogen (secondary N) is 2. The fourth-order valence-corrected chi connectivity index (χ4v) is 1.88. The van der Waals surface area contributed by atoms with Crippen molar-refractivity contribution in [2.24, 2.45) is 0 Å². The Kier molecular flexibility index (Phi) is 3.72. The molecule has 1 aromatic carbocycles. The van der Waals surface area contributed by atoms with Gasteiger partial charge in [-0.05, 0) is 12.1 Å². The van der Waals surface area contributed by atoms with Crippen LogP contribution in [0, 0.1) is 0 Å². The standard InChI is InChI=1S/C14H14N6O/c21-14(16-7-6-11-8-15-10-17-11)13-9-18-20(19-13)12-4-2-1-3-5-12/h1-5,8-10H,6-7H2,(H,15,17)(H,16,21). The number of amides is 1. The zero-order valence-corrected chi connectivity index (χ0v) is 11.2. The molecule has 0 saturated heterocycles. The van der Waals surface area contributed by atoms with E-state index >= 15 is 0 Å². The number of H-pyrrole nitrogens is 1. The van der Waals surface area contributed by atoms with E-state index in [2.05, 4.69) is 25.5 Å². The van der Waals surface area contributed by atoms with Gasteiger partial charge in [0.1, 0.15) is 0 Å². The van der Waals surface area contributed by atoms with Crippen molar-refractivity contribution in [1.29, 1.82) is 0 Å². The first-order valence-corrected chi connectivity index (χ1v) is 6.56. The van der Waals surface area contributed by atoms with Crippen LogP contribution in [0.3, 0.4) is 0 Å². The quantitative estimate of drug-likeness (QED) is 0.729. The van der Waals surface area contributed by atoms with Crippen LogP contribution in [0.2, 0.25) is 0 Å². The van der Waals surface area contributed by atoms with Crippen molar-refractivity contribution >= 4 is 5.91 Å². The molecule has 0 bridgehead atoms. The lowest BCUT2D eigenvalue weighted by Gasteiger charge is -2.01. The molecule has 7 heteroatoms. The van der Waals surface area contributed by atoms with Gasteiger partial charge >= 0.3 is 0 Å². The summed E-state index contributed by atoms with van der Waals surface area (Å²) in [6.07, 6.45) is 5.50. The van der Waals surface area contributed by atoms with Crippen molar-refractivity contribution < 1.29 is 4.79 Å². The molecule has 0 spiro atoms. The zero-order valence-electron chi connectivity index (χ0n) is 11.2. The summed E-state index contributed by atoms with van der Waals surface area (Å²) in [6, 6.07) is 9.45. The molecular formula is C14H14N6O. The van der Waals surface area contributed by atoms with E-state index in [0.717, 1.165) is 11.4 Å². The molecule has 0 atom stereocenters. The Labute approximate surface area is 121 Å². The Bertz CT molecular complexity index is 704. The minimum atomic E-state index is -0.239. The lowest BCUT2D eigenvalue weighted by Crippen LogP contribution is -2.26. The normalized spacial score (nSPS) is 10.5. The number of para-hydroxylation sites is 1. The Morgan fingerprint density at radius 1 is 1.24 bits per heavy atom. The van der Waals surface area contributed by atoms with Gasteiger partial charge in [0.15, 0.2) is 5.69 Å². The number of carbonyl (C=O) groups is 1. The van der Waals surface area contributed by atoms with Crippen LogP contribution in [-0.4, -0.2) is 37.4 Å². The van der Waals surface area contributed by atoms with E-state index in [1.165, 1.54) is 11.0 Å². The fourth-order valence-electron chi connectivity index (χ4n) is 1.88. The van der Waals surface area contributed by atoms with Crippen LogP contribution in [0.5, 0.6) is 0 Å². The highest BCUT2D eigenvalue weighted by atomic mass is 16.2. The number of imidazole rings is 1. The number of carbonyl (C=O) groups excluding carboxylic acids is 1. The van der Waals surface area contributed by atoms with Crippen molar-refractivity contribution in [3.63, 3.8) is 0 Å².